The zero-order valence-corrected chi connectivity index (χ0v) is 16.8. The summed E-state index contributed by atoms with van der Waals surface area (Å²) in [5.41, 5.74) is 0.0178. The van der Waals surface area contributed by atoms with Crippen LogP contribution in [0.4, 0.5) is 8.78 Å². The van der Waals surface area contributed by atoms with Gasteiger partial charge in [0, 0.05) is 23.5 Å². The number of nitriles is 1. The Kier molecular flexibility index (Phi) is 4.97. The first-order chi connectivity index (χ1) is 14.3. The normalized spacial score (nSPS) is 11.0. The lowest BCUT2D eigenvalue weighted by Gasteiger charge is -2.06. The van der Waals surface area contributed by atoms with Crippen LogP contribution in [0.25, 0.3) is 16.6 Å². The third-order valence-corrected chi connectivity index (χ3v) is 5.88. The highest BCUT2D eigenvalue weighted by molar-refractivity contribution is 7.99. The second-order valence-corrected chi connectivity index (χ2v) is 7.74. The molecule has 1 N–H and O–H groups in total. The van der Waals surface area contributed by atoms with Gasteiger partial charge in [-0.15, -0.1) is 0 Å². The van der Waals surface area contributed by atoms with Crippen molar-refractivity contribution in [2.24, 2.45) is 7.05 Å². The summed E-state index contributed by atoms with van der Waals surface area (Å²) in [5.74, 6) is -3.08. The lowest BCUT2D eigenvalue weighted by atomic mass is 10.2. The Hall–Kier alpha value is -3.35. The van der Waals surface area contributed by atoms with Gasteiger partial charge in [-0.1, -0.05) is 29.4 Å². The van der Waals surface area contributed by atoms with Crippen molar-refractivity contribution in [2.45, 2.75) is 9.79 Å². The summed E-state index contributed by atoms with van der Waals surface area (Å²) in [6.45, 7) is 0. The summed E-state index contributed by atoms with van der Waals surface area (Å²) in [5, 5.41) is 23.3. The molecule has 0 amide bonds. The van der Waals surface area contributed by atoms with Crippen LogP contribution in [0.5, 0.6) is 0 Å². The van der Waals surface area contributed by atoms with E-state index in [1.165, 1.54) is 39.7 Å². The molecule has 2 aromatic carbocycles. The standard InChI is InChI=1S/C20H11ClF2N4O2S/c1-26-9-10(8-25-26)27-14(7-24)19(12-5-6-13(21)17(23)18(12)27)30-15-4-2-3-11(16(15)22)20(28)29/h2-6,8-9H,1H3,(H,28,29). The number of hydrogen-bond acceptors (Lipinski definition) is 4. The van der Waals surface area contributed by atoms with E-state index in [1.54, 1.807) is 13.2 Å². The molecular weight excluding hydrogens is 434 g/mol. The quantitative estimate of drug-likeness (QED) is 0.478. The minimum atomic E-state index is -1.41. The molecular formula is C20H11ClF2N4O2S. The lowest BCUT2D eigenvalue weighted by molar-refractivity contribution is 0.0691. The minimum Gasteiger partial charge on any atom is -0.478 e. The Morgan fingerprint density at radius 1 is 1.27 bits per heavy atom. The monoisotopic (exact) mass is 444 g/mol. The molecule has 10 heteroatoms. The molecule has 0 radical (unpaired) electrons. The predicted molar refractivity (Wildman–Crippen MR) is 107 cm³/mol. The van der Waals surface area contributed by atoms with Crippen LogP contribution >= 0.6 is 23.4 Å². The molecule has 0 fully saturated rings. The maximum absolute atomic E-state index is 15.0. The van der Waals surface area contributed by atoms with Crippen molar-refractivity contribution in [3.05, 3.63) is 70.6 Å². The number of carboxylic acids is 1. The van der Waals surface area contributed by atoms with Crippen LogP contribution < -0.4 is 0 Å². The van der Waals surface area contributed by atoms with Crippen LogP contribution in [-0.2, 0) is 7.05 Å². The minimum absolute atomic E-state index is 0.00741. The van der Waals surface area contributed by atoms with Gasteiger partial charge in [-0.25, -0.2) is 13.6 Å². The molecule has 0 atom stereocenters. The van der Waals surface area contributed by atoms with Gasteiger partial charge >= 0.3 is 5.97 Å². The van der Waals surface area contributed by atoms with Crippen molar-refractivity contribution in [1.82, 2.24) is 14.3 Å². The van der Waals surface area contributed by atoms with Crippen molar-refractivity contribution in [3.8, 4) is 11.8 Å². The Morgan fingerprint density at radius 3 is 2.67 bits per heavy atom. The van der Waals surface area contributed by atoms with Gasteiger partial charge in [0.05, 0.1) is 32.9 Å². The fourth-order valence-electron chi connectivity index (χ4n) is 3.13. The van der Waals surface area contributed by atoms with E-state index in [-0.39, 0.29) is 26.0 Å². The number of rotatable bonds is 4. The zero-order valence-electron chi connectivity index (χ0n) is 15.2. The molecule has 0 bridgehead atoms. The highest BCUT2D eigenvalue weighted by Crippen LogP contribution is 2.42. The highest BCUT2D eigenvalue weighted by Gasteiger charge is 2.25. The van der Waals surface area contributed by atoms with Gasteiger partial charge in [-0.2, -0.15) is 10.4 Å². The molecule has 0 spiro atoms. The maximum Gasteiger partial charge on any atom is 0.338 e. The Balaban J connectivity index is 2.03. The van der Waals surface area contributed by atoms with Crippen molar-refractivity contribution < 1.29 is 18.7 Å². The molecule has 30 heavy (non-hydrogen) atoms. The fraction of sp³-hybridized carbons (Fsp3) is 0.0500. The molecule has 0 aliphatic heterocycles. The molecule has 0 saturated heterocycles. The largest absolute Gasteiger partial charge is 0.478 e. The van der Waals surface area contributed by atoms with Crippen LogP contribution in [0.1, 0.15) is 16.1 Å². The van der Waals surface area contributed by atoms with Crippen LogP contribution in [0.2, 0.25) is 5.02 Å². The van der Waals surface area contributed by atoms with E-state index < -0.39 is 23.2 Å². The molecule has 2 aromatic heterocycles. The summed E-state index contributed by atoms with van der Waals surface area (Å²) in [6, 6.07) is 8.87. The van der Waals surface area contributed by atoms with E-state index in [1.807, 2.05) is 6.07 Å². The van der Waals surface area contributed by atoms with Gasteiger partial charge in [0.15, 0.2) is 11.6 Å². The number of aromatic carboxylic acids is 1. The molecule has 0 aliphatic rings. The Bertz CT molecular complexity index is 1370. The van der Waals surface area contributed by atoms with Gasteiger partial charge in [0.2, 0.25) is 0 Å². The first-order valence-corrected chi connectivity index (χ1v) is 9.64. The average molecular weight is 445 g/mol. The number of aryl methyl sites for hydroxylation is 1. The van der Waals surface area contributed by atoms with Gasteiger partial charge in [0.1, 0.15) is 11.8 Å². The molecule has 0 unspecified atom stereocenters. The van der Waals surface area contributed by atoms with Crippen molar-refractivity contribution in [3.63, 3.8) is 0 Å². The van der Waals surface area contributed by atoms with Crippen molar-refractivity contribution in [2.75, 3.05) is 0 Å². The van der Waals surface area contributed by atoms with E-state index in [4.69, 9.17) is 11.6 Å². The van der Waals surface area contributed by atoms with Gasteiger partial charge in [0.25, 0.3) is 0 Å². The number of carboxylic acid groups (broad SMARTS) is 1. The first-order valence-electron chi connectivity index (χ1n) is 8.44. The van der Waals surface area contributed by atoms with E-state index in [0.29, 0.717) is 11.1 Å². The Labute approximate surface area is 177 Å². The van der Waals surface area contributed by atoms with Crippen molar-refractivity contribution >= 4 is 40.2 Å². The lowest BCUT2D eigenvalue weighted by Crippen LogP contribution is -2.01. The summed E-state index contributed by atoms with van der Waals surface area (Å²) in [6.07, 6.45) is 3.06. The first kappa shape index (κ1) is 19.9. The summed E-state index contributed by atoms with van der Waals surface area (Å²) < 4.78 is 32.6. The number of fused-ring (bicyclic) bond motifs is 1. The molecule has 150 valence electrons. The van der Waals surface area contributed by atoms with Gasteiger partial charge in [-0.05, 0) is 24.3 Å². The zero-order chi connectivity index (χ0) is 21.6. The van der Waals surface area contributed by atoms with Crippen LogP contribution in [-0.4, -0.2) is 25.4 Å². The number of benzene rings is 2. The number of aromatic nitrogens is 3. The van der Waals surface area contributed by atoms with Gasteiger partial charge in [-0.3, -0.25) is 9.25 Å². The maximum atomic E-state index is 15.0. The van der Waals surface area contributed by atoms with Crippen LogP contribution in [0, 0.1) is 23.0 Å². The molecule has 6 nitrogen and oxygen atoms in total. The number of nitrogens with zero attached hydrogens (tertiary/aromatic N) is 4. The average Bonchev–Trinajstić information content (AvgIpc) is 3.27. The number of hydrogen-bond donors (Lipinski definition) is 1. The second kappa shape index (κ2) is 7.48. The topological polar surface area (TPSA) is 83.8 Å². The molecule has 2 heterocycles. The summed E-state index contributed by atoms with van der Waals surface area (Å²) >= 11 is 6.82. The van der Waals surface area contributed by atoms with Gasteiger partial charge < -0.3 is 5.11 Å². The SMILES string of the molecule is Cn1cc(-n2c(C#N)c(Sc3cccc(C(=O)O)c3F)c3ccc(Cl)c(F)c32)cn1. The van der Waals surface area contributed by atoms with E-state index in [0.717, 1.165) is 17.8 Å². The number of carbonyl (C=O) groups is 1. The second-order valence-electron chi connectivity index (χ2n) is 6.28. The third-order valence-electron chi connectivity index (χ3n) is 4.44. The van der Waals surface area contributed by atoms with Crippen molar-refractivity contribution in [1.29, 1.82) is 5.26 Å². The van der Waals surface area contributed by atoms with Crippen LogP contribution in [0.15, 0.2) is 52.5 Å². The molecule has 0 saturated carbocycles. The van der Waals surface area contributed by atoms with E-state index >= 15 is 4.39 Å². The fourth-order valence-corrected chi connectivity index (χ4v) is 4.36. The van der Waals surface area contributed by atoms with Crippen LogP contribution in [0.3, 0.4) is 0 Å². The third kappa shape index (κ3) is 3.10. The summed E-state index contributed by atoms with van der Waals surface area (Å²) in [4.78, 5) is 11.5. The smallest absolute Gasteiger partial charge is 0.338 e. The predicted octanol–water partition coefficient (Wildman–Crippen LogP) is 5.02. The number of halogens is 3. The molecule has 0 aliphatic carbocycles. The van der Waals surface area contributed by atoms with E-state index in [9.17, 15) is 19.6 Å². The summed E-state index contributed by atoms with van der Waals surface area (Å²) in [7, 11) is 1.67. The Morgan fingerprint density at radius 2 is 2.03 bits per heavy atom. The molecule has 4 rings (SSSR count). The van der Waals surface area contributed by atoms with E-state index in [2.05, 4.69) is 5.10 Å². The highest BCUT2D eigenvalue weighted by atomic mass is 35.5. The molecule has 4 aromatic rings.